The van der Waals surface area contributed by atoms with Crippen LogP contribution >= 0.6 is 0 Å². The van der Waals surface area contributed by atoms with Gasteiger partial charge in [0.2, 0.25) is 0 Å². The van der Waals surface area contributed by atoms with Crippen LogP contribution in [0.4, 0.5) is 10.1 Å². The van der Waals surface area contributed by atoms with E-state index in [1.54, 1.807) is 22.9 Å². The molecule has 1 aromatic heterocycles. The maximum Gasteiger partial charge on any atom is 0.272 e. The monoisotopic (exact) mass is 262 g/mol. The maximum atomic E-state index is 13.3. The summed E-state index contributed by atoms with van der Waals surface area (Å²) >= 11 is 0. The Morgan fingerprint density at radius 3 is 2.79 bits per heavy atom. The first-order chi connectivity index (χ1) is 8.97. The topological polar surface area (TPSA) is 65.1 Å². The van der Waals surface area contributed by atoms with Gasteiger partial charge in [-0.15, -0.1) is 0 Å². The van der Waals surface area contributed by atoms with E-state index in [0.29, 0.717) is 11.3 Å². The van der Waals surface area contributed by atoms with Gasteiger partial charge in [0, 0.05) is 25.7 Å². The van der Waals surface area contributed by atoms with Gasteiger partial charge in [0.05, 0.1) is 16.7 Å². The SMILES string of the molecule is CC(=O)c1cccn1Cc1cc(F)cc([N+](=O)[O-])c1. The van der Waals surface area contributed by atoms with E-state index in [9.17, 15) is 19.3 Å². The lowest BCUT2D eigenvalue weighted by Crippen LogP contribution is -2.07. The molecule has 0 amide bonds. The first-order valence-electron chi connectivity index (χ1n) is 5.57. The van der Waals surface area contributed by atoms with Gasteiger partial charge in [-0.1, -0.05) is 0 Å². The molecule has 0 aliphatic carbocycles. The number of nitro benzene ring substituents is 1. The molecule has 0 atom stereocenters. The van der Waals surface area contributed by atoms with Crippen molar-refractivity contribution in [3.05, 3.63) is 63.7 Å². The first-order valence-corrected chi connectivity index (χ1v) is 5.57. The molecule has 0 radical (unpaired) electrons. The minimum absolute atomic E-state index is 0.115. The number of hydrogen-bond donors (Lipinski definition) is 0. The number of aromatic nitrogens is 1. The molecular formula is C13H11FN2O3. The van der Waals surface area contributed by atoms with Gasteiger partial charge in [0.15, 0.2) is 5.78 Å². The Balaban J connectivity index is 2.35. The summed E-state index contributed by atoms with van der Waals surface area (Å²) in [6.45, 7) is 1.64. The number of benzene rings is 1. The van der Waals surface area contributed by atoms with Crippen molar-refractivity contribution in [1.82, 2.24) is 4.57 Å². The van der Waals surface area contributed by atoms with Crippen molar-refractivity contribution in [1.29, 1.82) is 0 Å². The van der Waals surface area contributed by atoms with E-state index in [2.05, 4.69) is 0 Å². The average molecular weight is 262 g/mol. The van der Waals surface area contributed by atoms with E-state index in [4.69, 9.17) is 0 Å². The third-order valence-corrected chi connectivity index (χ3v) is 2.70. The zero-order valence-corrected chi connectivity index (χ0v) is 10.2. The zero-order chi connectivity index (χ0) is 14.0. The number of carbonyl (C=O) groups is 1. The van der Waals surface area contributed by atoms with Crippen LogP contribution in [-0.2, 0) is 6.54 Å². The predicted molar refractivity (Wildman–Crippen MR) is 66.6 cm³/mol. The van der Waals surface area contributed by atoms with E-state index >= 15 is 0 Å². The van der Waals surface area contributed by atoms with Crippen molar-refractivity contribution in [2.75, 3.05) is 0 Å². The zero-order valence-electron chi connectivity index (χ0n) is 10.2. The number of nitrogens with zero attached hydrogens (tertiary/aromatic N) is 2. The van der Waals surface area contributed by atoms with E-state index in [1.165, 1.54) is 19.1 Å². The molecule has 0 aliphatic heterocycles. The van der Waals surface area contributed by atoms with E-state index < -0.39 is 10.7 Å². The van der Waals surface area contributed by atoms with E-state index in [1.807, 2.05) is 0 Å². The minimum atomic E-state index is -0.666. The lowest BCUT2D eigenvalue weighted by atomic mass is 10.2. The highest BCUT2D eigenvalue weighted by Crippen LogP contribution is 2.18. The third-order valence-electron chi connectivity index (χ3n) is 2.70. The largest absolute Gasteiger partial charge is 0.341 e. The smallest absolute Gasteiger partial charge is 0.272 e. The fourth-order valence-corrected chi connectivity index (χ4v) is 1.90. The summed E-state index contributed by atoms with van der Waals surface area (Å²) in [7, 11) is 0. The number of halogens is 1. The molecule has 0 unspecified atom stereocenters. The van der Waals surface area contributed by atoms with Crippen LogP contribution in [0.3, 0.4) is 0 Å². The summed E-state index contributed by atoms with van der Waals surface area (Å²) in [6, 6.07) is 6.73. The van der Waals surface area contributed by atoms with Gasteiger partial charge in [-0.05, 0) is 23.8 Å². The highest BCUT2D eigenvalue weighted by Gasteiger charge is 2.12. The standard InChI is InChI=1S/C13H11FN2O3/c1-9(17)13-3-2-4-15(13)8-10-5-11(14)7-12(6-10)16(18)19/h2-7H,8H2,1H3. The fourth-order valence-electron chi connectivity index (χ4n) is 1.90. The van der Waals surface area contributed by atoms with Gasteiger partial charge >= 0.3 is 0 Å². The number of Topliss-reactive ketones (excluding diaryl/α,β-unsaturated/α-hetero) is 1. The minimum Gasteiger partial charge on any atom is -0.341 e. The number of hydrogen-bond acceptors (Lipinski definition) is 3. The van der Waals surface area contributed by atoms with Crippen molar-refractivity contribution >= 4 is 11.5 Å². The molecule has 6 heteroatoms. The predicted octanol–water partition coefficient (Wildman–Crippen LogP) is 2.79. The molecule has 0 N–H and O–H groups in total. The number of nitro groups is 1. The fraction of sp³-hybridized carbons (Fsp3) is 0.154. The molecule has 19 heavy (non-hydrogen) atoms. The quantitative estimate of drug-likeness (QED) is 0.483. The van der Waals surface area contributed by atoms with E-state index in [-0.39, 0.29) is 18.0 Å². The molecule has 0 saturated heterocycles. The van der Waals surface area contributed by atoms with Gasteiger partial charge in [0.1, 0.15) is 5.82 Å². The summed E-state index contributed by atoms with van der Waals surface area (Å²) in [5, 5.41) is 10.7. The molecule has 2 rings (SSSR count). The van der Waals surface area contributed by atoms with Crippen LogP contribution in [0, 0.1) is 15.9 Å². The Morgan fingerprint density at radius 2 is 2.16 bits per heavy atom. The molecule has 0 aliphatic rings. The summed E-state index contributed by atoms with van der Waals surface area (Å²) < 4.78 is 14.9. The number of non-ortho nitro benzene ring substituents is 1. The van der Waals surface area contributed by atoms with Crippen LogP contribution in [0.25, 0.3) is 0 Å². The first kappa shape index (κ1) is 12.9. The molecule has 0 bridgehead atoms. The second kappa shape index (κ2) is 5.01. The Hall–Kier alpha value is -2.50. The van der Waals surface area contributed by atoms with Crippen LogP contribution in [0.1, 0.15) is 23.0 Å². The molecule has 2 aromatic rings. The Kier molecular flexibility index (Phi) is 3.41. The van der Waals surface area contributed by atoms with Gasteiger partial charge in [-0.2, -0.15) is 0 Å². The molecule has 1 aromatic carbocycles. The van der Waals surface area contributed by atoms with Crippen molar-refractivity contribution in [2.24, 2.45) is 0 Å². The van der Waals surface area contributed by atoms with Crippen LogP contribution in [0.2, 0.25) is 0 Å². The summed E-state index contributed by atoms with van der Waals surface area (Å²) in [6.07, 6.45) is 1.67. The molecule has 98 valence electrons. The summed E-state index contributed by atoms with van der Waals surface area (Å²) in [4.78, 5) is 21.4. The van der Waals surface area contributed by atoms with Crippen LogP contribution < -0.4 is 0 Å². The summed E-state index contributed by atoms with van der Waals surface area (Å²) in [5.41, 5.74) is 0.615. The van der Waals surface area contributed by atoms with Gasteiger partial charge in [-0.25, -0.2) is 4.39 Å². The third kappa shape index (κ3) is 2.85. The average Bonchev–Trinajstić information content (AvgIpc) is 2.76. The van der Waals surface area contributed by atoms with E-state index in [0.717, 1.165) is 6.07 Å². The second-order valence-corrected chi connectivity index (χ2v) is 4.15. The van der Waals surface area contributed by atoms with Crippen molar-refractivity contribution < 1.29 is 14.1 Å². The number of rotatable bonds is 4. The molecular weight excluding hydrogens is 251 g/mol. The van der Waals surface area contributed by atoms with Gasteiger partial charge < -0.3 is 4.57 Å². The molecule has 0 saturated carbocycles. The highest BCUT2D eigenvalue weighted by atomic mass is 19.1. The van der Waals surface area contributed by atoms with Crippen molar-refractivity contribution in [3.63, 3.8) is 0 Å². The van der Waals surface area contributed by atoms with Crippen LogP contribution in [0.15, 0.2) is 36.5 Å². The molecule has 1 heterocycles. The molecule has 0 fully saturated rings. The summed E-state index contributed by atoms with van der Waals surface area (Å²) in [5.74, 6) is -0.781. The lowest BCUT2D eigenvalue weighted by Gasteiger charge is -2.07. The Bertz CT molecular complexity index is 649. The number of ketones is 1. The van der Waals surface area contributed by atoms with Crippen LogP contribution in [0.5, 0.6) is 0 Å². The normalized spacial score (nSPS) is 10.4. The maximum absolute atomic E-state index is 13.3. The number of carbonyl (C=O) groups excluding carboxylic acids is 1. The van der Waals surface area contributed by atoms with Crippen LogP contribution in [-0.4, -0.2) is 15.3 Å². The Morgan fingerprint density at radius 1 is 1.42 bits per heavy atom. The van der Waals surface area contributed by atoms with Crippen molar-refractivity contribution in [3.8, 4) is 0 Å². The highest BCUT2D eigenvalue weighted by molar-refractivity contribution is 5.92. The lowest BCUT2D eigenvalue weighted by molar-refractivity contribution is -0.385. The van der Waals surface area contributed by atoms with Gasteiger partial charge in [0.25, 0.3) is 5.69 Å². The van der Waals surface area contributed by atoms with Crippen molar-refractivity contribution in [2.45, 2.75) is 13.5 Å². The second-order valence-electron chi connectivity index (χ2n) is 4.15. The molecule has 0 spiro atoms. The Labute approximate surface area is 108 Å². The molecule has 5 nitrogen and oxygen atoms in total. The van der Waals surface area contributed by atoms with Gasteiger partial charge in [-0.3, -0.25) is 14.9 Å².